The van der Waals surface area contributed by atoms with Crippen molar-refractivity contribution in [2.45, 2.75) is 6.17 Å². The van der Waals surface area contributed by atoms with Gasteiger partial charge in [0.05, 0.1) is 5.69 Å². The normalized spacial score (nSPS) is 12.1. The first-order valence-electron chi connectivity index (χ1n) is 4.75. The summed E-state index contributed by atoms with van der Waals surface area (Å²) in [6.45, 7) is 0. The minimum absolute atomic E-state index is 0.439. The van der Waals surface area contributed by atoms with Gasteiger partial charge in [-0.05, 0) is 12.1 Å². The summed E-state index contributed by atoms with van der Waals surface area (Å²) in [6, 6.07) is 4.47. The number of aldehydes is 1. The monoisotopic (exact) mass is 252 g/mol. The third-order valence-corrected chi connectivity index (χ3v) is 2.69. The topological polar surface area (TPSA) is 80.9 Å². The van der Waals surface area contributed by atoms with Crippen LogP contribution in [0.2, 0.25) is 0 Å². The molecule has 0 aliphatic rings. The number of aromatic nitrogens is 2. The second-order valence-corrected chi connectivity index (χ2v) is 4.05. The molecule has 0 aliphatic heterocycles. The van der Waals surface area contributed by atoms with Crippen LogP contribution < -0.4 is 11.1 Å². The highest BCUT2D eigenvalue weighted by molar-refractivity contribution is 7.14. The van der Waals surface area contributed by atoms with Crippen molar-refractivity contribution < 1.29 is 9.18 Å². The molecule has 1 atom stereocenters. The van der Waals surface area contributed by atoms with Gasteiger partial charge in [-0.3, -0.25) is 4.79 Å². The highest BCUT2D eigenvalue weighted by Crippen LogP contribution is 2.23. The molecule has 2 aromatic rings. The molecule has 0 amide bonds. The number of halogens is 1. The average molecular weight is 252 g/mol. The Hall–Kier alpha value is -1.86. The number of thiazole rings is 1. The molecule has 5 nitrogen and oxygen atoms in total. The number of nitrogens with one attached hydrogen (secondary N) is 1. The molecule has 7 heteroatoms. The maximum absolute atomic E-state index is 12.9. The van der Waals surface area contributed by atoms with E-state index in [4.69, 9.17) is 5.73 Å². The third-order valence-electron chi connectivity index (χ3n) is 1.92. The molecule has 17 heavy (non-hydrogen) atoms. The summed E-state index contributed by atoms with van der Waals surface area (Å²) in [7, 11) is 0. The summed E-state index contributed by atoms with van der Waals surface area (Å²) < 4.78 is 12.9. The van der Waals surface area contributed by atoms with Gasteiger partial charge in [-0.25, -0.2) is 9.97 Å². The van der Waals surface area contributed by atoms with Crippen molar-refractivity contribution >= 4 is 22.8 Å². The van der Waals surface area contributed by atoms with E-state index < -0.39 is 12.1 Å². The first-order valence-corrected chi connectivity index (χ1v) is 5.63. The number of hydrogen-bond donors (Lipinski definition) is 2. The van der Waals surface area contributed by atoms with Crippen molar-refractivity contribution in [2.75, 3.05) is 5.32 Å². The number of nitrogens with zero attached hydrogens (tertiary/aromatic N) is 2. The van der Waals surface area contributed by atoms with Gasteiger partial charge in [0, 0.05) is 5.38 Å². The Kier molecular flexibility index (Phi) is 3.40. The summed E-state index contributed by atoms with van der Waals surface area (Å²) in [5.41, 5.74) is 6.36. The van der Waals surface area contributed by atoms with Crippen LogP contribution in [0.1, 0.15) is 0 Å². The molecule has 3 N–H and O–H groups in total. The standard InChI is InChI=1S/C10H9FN4OS/c11-8-3-1-2-6(13-8)7-5-17-10(14-7)15-9(12)4-16/h1-5,9H,12H2,(H,14,15). The Morgan fingerprint density at radius 1 is 1.41 bits per heavy atom. The average Bonchev–Trinajstić information content (AvgIpc) is 2.77. The SMILES string of the molecule is NC(C=O)Nc1nc(-c2cccc(F)n2)cs1. The Morgan fingerprint density at radius 3 is 2.94 bits per heavy atom. The lowest BCUT2D eigenvalue weighted by molar-refractivity contribution is -0.108. The molecule has 0 fully saturated rings. The molecule has 0 radical (unpaired) electrons. The second kappa shape index (κ2) is 4.98. The zero-order valence-electron chi connectivity index (χ0n) is 8.63. The van der Waals surface area contributed by atoms with Gasteiger partial charge in [-0.1, -0.05) is 6.07 Å². The summed E-state index contributed by atoms with van der Waals surface area (Å²) in [5.74, 6) is -0.561. The maximum atomic E-state index is 12.9. The zero-order chi connectivity index (χ0) is 12.3. The van der Waals surface area contributed by atoms with E-state index in [0.717, 1.165) is 0 Å². The van der Waals surface area contributed by atoms with E-state index in [1.165, 1.54) is 17.4 Å². The lowest BCUT2D eigenvalue weighted by Gasteiger charge is -2.03. The van der Waals surface area contributed by atoms with Crippen LogP contribution in [0.5, 0.6) is 0 Å². The van der Waals surface area contributed by atoms with E-state index in [-0.39, 0.29) is 0 Å². The molecular weight excluding hydrogens is 243 g/mol. The summed E-state index contributed by atoms with van der Waals surface area (Å²) >= 11 is 1.27. The van der Waals surface area contributed by atoms with E-state index in [2.05, 4.69) is 15.3 Å². The van der Waals surface area contributed by atoms with Crippen LogP contribution in [0.15, 0.2) is 23.6 Å². The van der Waals surface area contributed by atoms with Gasteiger partial charge in [0.25, 0.3) is 0 Å². The van der Waals surface area contributed by atoms with Crippen molar-refractivity contribution in [1.82, 2.24) is 9.97 Å². The Labute approximate surface area is 101 Å². The minimum atomic E-state index is -0.797. The Morgan fingerprint density at radius 2 is 2.24 bits per heavy atom. The molecule has 2 rings (SSSR count). The van der Waals surface area contributed by atoms with Crippen molar-refractivity contribution in [1.29, 1.82) is 0 Å². The first-order chi connectivity index (χ1) is 8.19. The molecule has 0 bridgehead atoms. The quantitative estimate of drug-likeness (QED) is 0.486. The highest BCUT2D eigenvalue weighted by Gasteiger charge is 2.08. The highest BCUT2D eigenvalue weighted by atomic mass is 32.1. The van der Waals surface area contributed by atoms with E-state index in [1.54, 1.807) is 17.5 Å². The van der Waals surface area contributed by atoms with E-state index in [0.29, 0.717) is 22.8 Å². The van der Waals surface area contributed by atoms with Gasteiger partial charge in [0.15, 0.2) is 11.4 Å². The molecule has 0 aromatic carbocycles. The predicted molar refractivity (Wildman–Crippen MR) is 63.0 cm³/mol. The van der Waals surface area contributed by atoms with Crippen molar-refractivity contribution in [3.05, 3.63) is 29.5 Å². The van der Waals surface area contributed by atoms with Crippen LogP contribution in [0.4, 0.5) is 9.52 Å². The Balaban J connectivity index is 2.21. The molecule has 0 saturated carbocycles. The van der Waals surface area contributed by atoms with Crippen LogP contribution in [-0.4, -0.2) is 22.4 Å². The number of pyridine rings is 1. The lowest BCUT2D eigenvalue weighted by Crippen LogP contribution is -2.30. The molecule has 2 aromatic heterocycles. The fourth-order valence-electron chi connectivity index (χ4n) is 1.19. The molecule has 0 saturated heterocycles. The van der Waals surface area contributed by atoms with E-state index >= 15 is 0 Å². The van der Waals surface area contributed by atoms with E-state index in [1.807, 2.05) is 0 Å². The van der Waals surface area contributed by atoms with Crippen LogP contribution in [0, 0.1) is 5.95 Å². The second-order valence-electron chi connectivity index (χ2n) is 3.19. The molecule has 0 aliphatic carbocycles. The summed E-state index contributed by atoms with van der Waals surface area (Å²) in [6.07, 6.45) is -0.226. The minimum Gasteiger partial charge on any atom is -0.340 e. The van der Waals surface area contributed by atoms with Gasteiger partial charge < -0.3 is 11.1 Å². The van der Waals surface area contributed by atoms with Gasteiger partial charge in [-0.2, -0.15) is 4.39 Å². The fourth-order valence-corrected chi connectivity index (χ4v) is 1.94. The number of carbonyl (C=O) groups is 1. The molecule has 0 spiro atoms. The summed E-state index contributed by atoms with van der Waals surface area (Å²) in [4.78, 5) is 18.2. The van der Waals surface area contributed by atoms with Crippen LogP contribution >= 0.6 is 11.3 Å². The van der Waals surface area contributed by atoms with Crippen molar-refractivity contribution in [2.24, 2.45) is 5.73 Å². The van der Waals surface area contributed by atoms with Gasteiger partial charge in [0.1, 0.15) is 11.9 Å². The number of hydrogen-bond acceptors (Lipinski definition) is 6. The molecule has 1 unspecified atom stereocenters. The first kappa shape index (κ1) is 11.6. The molecule has 88 valence electrons. The fraction of sp³-hybridized carbons (Fsp3) is 0.100. The molecule has 2 heterocycles. The lowest BCUT2D eigenvalue weighted by atomic mass is 10.3. The predicted octanol–water partition coefficient (Wildman–Crippen LogP) is 1.24. The van der Waals surface area contributed by atoms with Crippen LogP contribution in [0.25, 0.3) is 11.4 Å². The van der Waals surface area contributed by atoms with Crippen LogP contribution in [0.3, 0.4) is 0 Å². The van der Waals surface area contributed by atoms with Gasteiger partial charge in [0.2, 0.25) is 5.95 Å². The third kappa shape index (κ3) is 2.83. The van der Waals surface area contributed by atoms with Crippen molar-refractivity contribution in [3.63, 3.8) is 0 Å². The van der Waals surface area contributed by atoms with Crippen molar-refractivity contribution in [3.8, 4) is 11.4 Å². The van der Waals surface area contributed by atoms with E-state index in [9.17, 15) is 9.18 Å². The Bertz CT molecular complexity index is 531. The number of carbonyl (C=O) groups excluding carboxylic acids is 1. The summed E-state index contributed by atoms with van der Waals surface area (Å²) in [5, 5.41) is 4.89. The number of anilines is 1. The molecular formula is C10H9FN4OS. The van der Waals surface area contributed by atoms with Gasteiger partial charge >= 0.3 is 0 Å². The smallest absolute Gasteiger partial charge is 0.213 e. The largest absolute Gasteiger partial charge is 0.340 e. The van der Waals surface area contributed by atoms with Crippen LogP contribution in [-0.2, 0) is 4.79 Å². The maximum Gasteiger partial charge on any atom is 0.213 e. The number of nitrogens with two attached hydrogens (primary N) is 1. The zero-order valence-corrected chi connectivity index (χ0v) is 9.45. The van der Waals surface area contributed by atoms with Gasteiger partial charge in [-0.15, -0.1) is 11.3 Å². The number of rotatable bonds is 4.